The van der Waals surface area contributed by atoms with E-state index in [0.29, 0.717) is 24.1 Å². The van der Waals surface area contributed by atoms with E-state index in [9.17, 15) is 27.5 Å². The Morgan fingerprint density at radius 3 is 2.26 bits per heavy atom. The number of sulfonamides is 1. The predicted octanol–water partition coefficient (Wildman–Crippen LogP) is 2.63. The third kappa shape index (κ3) is 9.91. The molecule has 0 fully saturated rings. The minimum atomic E-state index is -3.76. The molecule has 0 saturated heterocycles. The standard InChI is InChI=1S/C33H39FN6O6S/c1-22(24-11-13-27(34)14-12-24)35-32(43)25-17-26(19-29(18-25)39(2)47(3,45)46)33(44)36-30(16-23-8-5-4-6-9-23)31(42)21-40-20-28(37-38-40)10-7-15-41/h4-6,8-9,11-14,17-20,22,30-31,41-42H,7,10,15-16,21H2,1-3H3,(H,35,43)(H,36,44)/t22-,30+,31+/m1/s1. The van der Waals surface area contributed by atoms with Crippen molar-refractivity contribution in [3.05, 3.63) is 113 Å². The van der Waals surface area contributed by atoms with Gasteiger partial charge in [0, 0.05) is 31.0 Å². The fourth-order valence-electron chi connectivity index (χ4n) is 4.89. The molecule has 250 valence electrons. The van der Waals surface area contributed by atoms with Crippen molar-refractivity contribution in [2.75, 3.05) is 24.2 Å². The topological polar surface area (TPSA) is 167 Å². The molecule has 0 saturated carbocycles. The zero-order valence-electron chi connectivity index (χ0n) is 26.4. The number of nitrogens with zero attached hydrogens (tertiary/aromatic N) is 4. The maximum atomic E-state index is 13.8. The van der Waals surface area contributed by atoms with Crippen molar-refractivity contribution in [3.63, 3.8) is 0 Å². The summed E-state index contributed by atoms with van der Waals surface area (Å²) >= 11 is 0. The van der Waals surface area contributed by atoms with Gasteiger partial charge in [-0.15, -0.1) is 5.10 Å². The van der Waals surface area contributed by atoms with Crippen LogP contribution in [0.2, 0.25) is 0 Å². The van der Waals surface area contributed by atoms with Crippen molar-refractivity contribution in [2.24, 2.45) is 0 Å². The minimum Gasteiger partial charge on any atom is -0.396 e. The monoisotopic (exact) mass is 666 g/mol. The summed E-state index contributed by atoms with van der Waals surface area (Å²) in [6, 6.07) is 17.6. The highest BCUT2D eigenvalue weighted by molar-refractivity contribution is 7.92. The normalized spacial score (nSPS) is 13.4. The van der Waals surface area contributed by atoms with Gasteiger partial charge in [-0.05, 0) is 67.6 Å². The van der Waals surface area contributed by atoms with Crippen LogP contribution in [-0.2, 0) is 29.4 Å². The van der Waals surface area contributed by atoms with Crippen LogP contribution in [0.1, 0.15) is 56.9 Å². The molecule has 3 atom stereocenters. The van der Waals surface area contributed by atoms with Crippen molar-refractivity contribution in [1.82, 2.24) is 25.6 Å². The van der Waals surface area contributed by atoms with E-state index in [0.717, 1.165) is 16.1 Å². The number of rotatable bonds is 15. The lowest BCUT2D eigenvalue weighted by Gasteiger charge is -2.25. The number of benzene rings is 3. The summed E-state index contributed by atoms with van der Waals surface area (Å²) in [5, 5.41) is 34.2. The molecule has 0 spiro atoms. The van der Waals surface area contributed by atoms with Gasteiger partial charge in [0.05, 0.1) is 42.4 Å². The van der Waals surface area contributed by atoms with E-state index in [1.165, 1.54) is 42.1 Å². The Kier molecular flexibility index (Phi) is 11.8. The highest BCUT2D eigenvalue weighted by Crippen LogP contribution is 2.23. The summed E-state index contributed by atoms with van der Waals surface area (Å²) in [4.78, 5) is 27.2. The van der Waals surface area contributed by atoms with Crippen LogP contribution >= 0.6 is 0 Å². The Labute approximate surface area is 273 Å². The second kappa shape index (κ2) is 15.8. The lowest BCUT2D eigenvalue weighted by atomic mass is 10.00. The molecule has 4 aromatic rings. The largest absolute Gasteiger partial charge is 0.396 e. The Morgan fingerprint density at radius 2 is 1.64 bits per heavy atom. The summed E-state index contributed by atoms with van der Waals surface area (Å²) in [6.07, 6.45) is 2.85. The van der Waals surface area contributed by atoms with Crippen LogP contribution < -0.4 is 14.9 Å². The van der Waals surface area contributed by atoms with Crippen LogP contribution in [0.15, 0.2) is 79.0 Å². The average Bonchev–Trinajstić information content (AvgIpc) is 3.50. The zero-order chi connectivity index (χ0) is 34.1. The highest BCUT2D eigenvalue weighted by atomic mass is 32.2. The first-order valence-electron chi connectivity index (χ1n) is 15.0. The highest BCUT2D eigenvalue weighted by Gasteiger charge is 2.26. The molecule has 12 nitrogen and oxygen atoms in total. The summed E-state index contributed by atoms with van der Waals surface area (Å²) in [5.41, 5.74) is 2.25. The van der Waals surface area contributed by atoms with E-state index < -0.39 is 45.8 Å². The molecular formula is C33H39FN6O6S. The van der Waals surface area contributed by atoms with E-state index in [1.54, 1.807) is 25.3 Å². The van der Waals surface area contributed by atoms with E-state index in [1.807, 2.05) is 30.3 Å². The van der Waals surface area contributed by atoms with Gasteiger partial charge in [0.15, 0.2) is 0 Å². The van der Waals surface area contributed by atoms with Gasteiger partial charge in [-0.2, -0.15) is 0 Å². The van der Waals surface area contributed by atoms with Crippen molar-refractivity contribution in [3.8, 4) is 0 Å². The molecule has 3 aromatic carbocycles. The number of aliphatic hydroxyl groups excluding tert-OH is 2. The summed E-state index contributed by atoms with van der Waals surface area (Å²) < 4.78 is 40.7. The molecule has 1 aromatic heterocycles. The second-order valence-electron chi connectivity index (χ2n) is 11.3. The maximum Gasteiger partial charge on any atom is 0.251 e. The molecule has 0 aliphatic rings. The van der Waals surface area contributed by atoms with E-state index in [2.05, 4.69) is 20.9 Å². The van der Waals surface area contributed by atoms with Crippen molar-refractivity contribution in [1.29, 1.82) is 0 Å². The average molecular weight is 667 g/mol. The van der Waals surface area contributed by atoms with E-state index in [4.69, 9.17) is 5.11 Å². The molecule has 0 unspecified atom stereocenters. The molecule has 1 heterocycles. The van der Waals surface area contributed by atoms with Crippen LogP contribution in [0, 0.1) is 5.82 Å². The van der Waals surface area contributed by atoms with Gasteiger partial charge in [0.2, 0.25) is 10.0 Å². The van der Waals surface area contributed by atoms with Gasteiger partial charge in [-0.25, -0.2) is 17.5 Å². The minimum absolute atomic E-state index is 0.00473. The smallest absolute Gasteiger partial charge is 0.251 e. The number of carbonyl (C=O) groups excluding carboxylic acids is 2. The van der Waals surface area contributed by atoms with Gasteiger partial charge in [0.25, 0.3) is 11.8 Å². The van der Waals surface area contributed by atoms with Crippen molar-refractivity contribution in [2.45, 2.75) is 50.9 Å². The number of aliphatic hydroxyl groups is 2. The molecule has 14 heteroatoms. The van der Waals surface area contributed by atoms with E-state index in [-0.39, 0.29) is 36.4 Å². The van der Waals surface area contributed by atoms with Gasteiger partial charge >= 0.3 is 0 Å². The van der Waals surface area contributed by atoms with Crippen LogP contribution in [-0.4, -0.2) is 77.5 Å². The first-order valence-corrected chi connectivity index (χ1v) is 16.9. The molecule has 4 rings (SSSR count). The fraction of sp³-hybridized carbons (Fsp3) is 0.333. The third-order valence-electron chi connectivity index (χ3n) is 7.65. The maximum absolute atomic E-state index is 13.8. The van der Waals surface area contributed by atoms with Gasteiger partial charge < -0.3 is 20.8 Å². The number of amides is 2. The van der Waals surface area contributed by atoms with Crippen LogP contribution in [0.25, 0.3) is 0 Å². The van der Waals surface area contributed by atoms with Gasteiger partial charge in [-0.1, -0.05) is 47.7 Å². The Bertz CT molecular complexity index is 1770. The molecule has 0 aliphatic carbocycles. The lowest BCUT2D eigenvalue weighted by molar-refractivity contribution is 0.0779. The molecule has 4 N–H and O–H groups in total. The molecule has 2 amide bonds. The molecular weight excluding hydrogens is 627 g/mol. The van der Waals surface area contributed by atoms with Crippen LogP contribution in [0.5, 0.6) is 0 Å². The van der Waals surface area contributed by atoms with Gasteiger partial charge in [0.1, 0.15) is 5.82 Å². The van der Waals surface area contributed by atoms with Crippen molar-refractivity contribution < 1.29 is 32.6 Å². The Balaban J connectivity index is 1.62. The third-order valence-corrected chi connectivity index (χ3v) is 8.86. The number of aromatic nitrogens is 3. The molecule has 0 aliphatic heterocycles. The predicted molar refractivity (Wildman–Crippen MR) is 175 cm³/mol. The number of halogens is 1. The number of aryl methyl sites for hydroxylation is 1. The number of anilines is 1. The first-order chi connectivity index (χ1) is 22.3. The summed E-state index contributed by atoms with van der Waals surface area (Å²) in [5.74, 6) is -1.64. The number of hydrogen-bond acceptors (Lipinski definition) is 8. The lowest BCUT2D eigenvalue weighted by Crippen LogP contribution is -2.46. The second-order valence-corrected chi connectivity index (χ2v) is 13.4. The Hall–Kier alpha value is -4.66. The summed E-state index contributed by atoms with van der Waals surface area (Å²) in [7, 11) is -2.45. The molecule has 47 heavy (non-hydrogen) atoms. The Morgan fingerprint density at radius 1 is 1.00 bits per heavy atom. The van der Waals surface area contributed by atoms with Gasteiger partial charge in [-0.3, -0.25) is 13.9 Å². The number of carbonyl (C=O) groups is 2. The zero-order valence-corrected chi connectivity index (χ0v) is 27.2. The quantitative estimate of drug-likeness (QED) is 0.150. The fourth-order valence-corrected chi connectivity index (χ4v) is 5.37. The molecule has 0 radical (unpaired) electrons. The first kappa shape index (κ1) is 35.2. The summed E-state index contributed by atoms with van der Waals surface area (Å²) in [6.45, 7) is 1.74. The number of hydrogen-bond donors (Lipinski definition) is 4. The SMILES string of the molecule is C[C@@H](NC(=O)c1cc(C(=O)N[C@@H](Cc2ccccc2)[C@@H](O)Cn2cc(CCCO)nn2)cc(N(C)S(C)(=O)=O)c1)c1ccc(F)cc1. The molecule has 0 bridgehead atoms. The van der Waals surface area contributed by atoms with Crippen LogP contribution in [0.3, 0.4) is 0 Å². The number of nitrogens with one attached hydrogen (secondary N) is 2. The van der Waals surface area contributed by atoms with E-state index >= 15 is 0 Å². The van der Waals surface area contributed by atoms with Crippen LogP contribution in [0.4, 0.5) is 10.1 Å². The van der Waals surface area contributed by atoms with Crippen molar-refractivity contribution >= 4 is 27.5 Å².